The van der Waals surface area contributed by atoms with Crippen LogP contribution in [0.1, 0.15) is 11.3 Å². The van der Waals surface area contributed by atoms with Gasteiger partial charge in [0, 0.05) is 6.07 Å². The Morgan fingerprint density at radius 2 is 2.21 bits per heavy atom. The molecule has 0 fully saturated rings. The van der Waals surface area contributed by atoms with Crippen LogP contribution >= 0.6 is 0 Å². The van der Waals surface area contributed by atoms with Crippen LogP contribution < -0.4 is 10.1 Å². The molecule has 2 aromatic rings. The molecule has 4 nitrogen and oxygen atoms in total. The number of anilines is 1. The third-order valence-electron chi connectivity index (χ3n) is 2.55. The average Bonchev–Trinajstić information content (AvgIpc) is 2.46. The van der Waals surface area contributed by atoms with Crippen LogP contribution in [0, 0.1) is 17.1 Å². The first kappa shape index (κ1) is 12.8. The van der Waals surface area contributed by atoms with Crippen LogP contribution in [0.2, 0.25) is 0 Å². The molecule has 1 aromatic carbocycles. The molecule has 0 saturated heterocycles. The lowest BCUT2D eigenvalue weighted by Gasteiger charge is -2.08. The van der Waals surface area contributed by atoms with Gasteiger partial charge in [0.2, 0.25) is 5.88 Å². The van der Waals surface area contributed by atoms with Crippen molar-refractivity contribution >= 4 is 5.69 Å². The number of ether oxygens (including phenoxy) is 1. The van der Waals surface area contributed by atoms with Crippen LogP contribution in [0.25, 0.3) is 0 Å². The molecule has 2 rings (SSSR count). The molecule has 0 amide bonds. The van der Waals surface area contributed by atoms with Crippen LogP contribution in [0.15, 0.2) is 36.4 Å². The Balaban J connectivity index is 2.12. The summed E-state index contributed by atoms with van der Waals surface area (Å²) in [7, 11) is 1.55. The molecule has 0 saturated carbocycles. The molecule has 0 bridgehead atoms. The van der Waals surface area contributed by atoms with Crippen molar-refractivity contribution in [3.63, 3.8) is 0 Å². The second-order valence-corrected chi connectivity index (χ2v) is 3.83. The molecule has 0 spiro atoms. The summed E-state index contributed by atoms with van der Waals surface area (Å²) in [6.45, 7) is 0.428. The van der Waals surface area contributed by atoms with Gasteiger partial charge in [-0.05, 0) is 24.3 Å². The van der Waals surface area contributed by atoms with E-state index in [-0.39, 0.29) is 5.56 Å². The molecule has 1 N–H and O–H groups in total. The second kappa shape index (κ2) is 5.83. The van der Waals surface area contributed by atoms with Crippen molar-refractivity contribution in [2.45, 2.75) is 6.54 Å². The van der Waals surface area contributed by atoms with Crippen molar-refractivity contribution in [2.75, 3.05) is 12.4 Å². The van der Waals surface area contributed by atoms with Crippen LogP contribution in [-0.4, -0.2) is 12.1 Å². The average molecular weight is 257 g/mol. The lowest BCUT2D eigenvalue weighted by molar-refractivity contribution is 0.396. The number of methoxy groups -OCH3 is 1. The van der Waals surface area contributed by atoms with E-state index < -0.39 is 5.82 Å². The Hall–Kier alpha value is -2.61. The summed E-state index contributed by atoms with van der Waals surface area (Å²) in [4.78, 5) is 4.24. The fourth-order valence-electron chi connectivity index (χ4n) is 1.62. The van der Waals surface area contributed by atoms with Crippen LogP contribution in [0.3, 0.4) is 0 Å². The number of hydrogen-bond donors (Lipinski definition) is 1. The number of benzene rings is 1. The van der Waals surface area contributed by atoms with Gasteiger partial charge in [0.1, 0.15) is 11.9 Å². The van der Waals surface area contributed by atoms with Crippen LogP contribution in [0.5, 0.6) is 5.88 Å². The zero-order chi connectivity index (χ0) is 13.7. The minimum absolute atomic E-state index is 0.267. The van der Waals surface area contributed by atoms with Gasteiger partial charge in [-0.2, -0.15) is 5.26 Å². The predicted octanol–water partition coefficient (Wildman–Crippen LogP) is 2.71. The van der Waals surface area contributed by atoms with E-state index in [0.29, 0.717) is 18.1 Å². The maximum atomic E-state index is 13.0. The molecule has 0 radical (unpaired) electrons. The molecule has 96 valence electrons. The minimum Gasteiger partial charge on any atom is -0.481 e. The Bertz CT molecular complexity index is 622. The summed E-state index contributed by atoms with van der Waals surface area (Å²) < 4.78 is 18.0. The molecule has 0 aliphatic heterocycles. The molecule has 5 heteroatoms. The van der Waals surface area contributed by atoms with Crippen molar-refractivity contribution in [3.05, 3.63) is 53.5 Å². The van der Waals surface area contributed by atoms with Gasteiger partial charge >= 0.3 is 0 Å². The summed E-state index contributed by atoms with van der Waals surface area (Å²) in [5.74, 6) is 0.0977. The number of nitrogens with one attached hydrogen (secondary N) is 1. The molecule has 0 aliphatic rings. The highest BCUT2D eigenvalue weighted by molar-refractivity contribution is 5.57. The van der Waals surface area contributed by atoms with Crippen molar-refractivity contribution in [1.82, 2.24) is 4.98 Å². The number of hydrogen-bond acceptors (Lipinski definition) is 4. The van der Waals surface area contributed by atoms with Gasteiger partial charge in [-0.15, -0.1) is 0 Å². The standard InChI is InChI=1S/C14H12FN3O/c1-19-14-4-2-3-12(18-14)9-17-13-6-5-11(15)7-10(13)8-16/h2-7,17H,9H2,1H3. The summed E-state index contributed by atoms with van der Waals surface area (Å²) in [6, 6.07) is 11.4. The van der Waals surface area contributed by atoms with Crippen molar-refractivity contribution in [2.24, 2.45) is 0 Å². The second-order valence-electron chi connectivity index (χ2n) is 3.83. The lowest BCUT2D eigenvalue weighted by Crippen LogP contribution is -2.04. The summed E-state index contributed by atoms with van der Waals surface area (Å²) in [5.41, 5.74) is 1.61. The quantitative estimate of drug-likeness (QED) is 0.914. The molecule has 0 unspecified atom stereocenters. The van der Waals surface area contributed by atoms with Gasteiger partial charge in [-0.1, -0.05) is 6.07 Å². The third kappa shape index (κ3) is 3.19. The molecule has 1 aromatic heterocycles. The third-order valence-corrected chi connectivity index (χ3v) is 2.55. The van der Waals surface area contributed by atoms with E-state index in [1.54, 1.807) is 13.2 Å². The normalized spacial score (nSPS) is 9.74. The van der Waals surface area contributed by atoms with Gasteiger partial charge in [0.05, 0.1) is 30.6 Å². The highest BCUT2D eigenvalue weighted by atomic mass is 19.1. The Labute approximate surface area is 110 Å². The minimum atomic E-state index is -0.429. The van der Waals surface area contributed by atoms with Crippen molar-refractivity contribution < 1.29 is 9.13 Å². The number of pyridine rings is 1. The Morgan fingerprint density at radius 3 is 2.95 bits per heavy atom. The highest BCUT2D eigenvalue weighted by Gasteiger charge is 2.04. The first-order valence-corrected chi connectivity index (χ1v) is 5.66. The fraction of sp³-hybridized carbons (Fsp3) is 0.143. The smallest absolute Gasteiger partial charge is 0.213 e. The Morgan fingerprint density at radius 1 is 1.37 bits per heavy atom. The summed E-state index contributed by atoms with van der Waals surface area (Å²) in [5, 5.41) is 12.0. The molecule has 1 heterocycles. The largest absolute Gasteiger partial charge is 0.481 e. The Kier molecular flexibility index (Phi) is 3.94. The molecule has 0 atom stereocenters. The molecule has 19 heavy (non-hydrogen) atoms. The number of nitrogens with zero attached hydrogens (tertiary/aromatic N) is 2. The van der Waals surface area contributed by atoms with Crippen LogP contribution in [0.4, 0.5) is 10.1 Å². The first-order chi connectivity index (χ1) is 9.22. The van der Waals surface area contributed by atoms with Gasteiger partial charge in [-0.25, -0.2) is 9.37 Å². The topological polar surface area (TPSA) is 57.9 Å². The highest BCUT2D eigenvalue weighted by Crippen LogP contribution is 2.17. The fourth-order valence-corrected chi connectivity index (χ4v) is 1.62. The van der Waals surface area contributed by atoms with E-state index in [1.165, 1.54) is 18.2 Å². The van der Waals surface area contributed by atoms with E-state index in [2.05, 4.69) is 10.3 Å². The summed E-state index contributed by atoms with van der Waals surface area (Å²) in [6.07, 6.45) is 0. The molecular formula is C14H12FN3O. The lowest BCUT2D eigenvalue weighted by atomic mass is 10.2. The SMILES string of the molecule is COc1cccc(CNc2ccc(F)cc2C#N)n1. The predicted molar refractivity (Wildman–Crippen MR) is 69.2 cm³/mol. The maximum absolute atomic E-state index is 13.0. The monoisotopic (exact) mass is 257 g/mol. The van der Waals surface area contributed by atoms with Gasteiger partial charge in [0.15, 0.2) is 0 Å². The summed E-state index contributed by atoms with van der Waals surface area (Å²) >= 11 is 0. The van der Waals surface area contributed by atoms with Gasteiger partial charge in [0.25, 0.3) is 0 Å². The van der Waals surface area contributed by atoms with E-state index >= 15 is 0 Å². The van der Waals surface area contributed by atoms with E-state index in [0.717, 1.165) is 5.69 Å². The van der Waals surface area contributed by atoms with Crippen molar-refractivity contribution in [1.29, 1.82) is 5.26 Å². The number of rotatable bonds is 4. The van der Waals surface area contributed by atoms with E-state index in [9.17, 15) is 4.39 Å². The molecular weight excluding hydrogens is 245 g/mol. The van der Waals surface area contributed by atoms with Gasteiger partial charge < -0.3 is 10.1 Å². The first-order valence-electron chi connectivity index (χ1n) is 5.66. The number of aromatic nitrogens is 1. The van der Waals surface area contributed by atoms with Crippen LogP contribution in [-0.2, 0) is 6.54 Å². The molecule has 0 aliphatic carbocycles. The van der Waals surface area contributed by atoms with Gasteiger partial charge in [-0.3, -0.25) is 0 Å². The zero-order valence-corrected chi connectivity index (χ0v) is 10.4. The zero-order valence-electron chi connectivity index (χ0n) is 10.4. The number of nitriles is 1. The van der Waals surface area contributed by atoms with E-state index in [4.69, 9.17) is 10.00 Å². The number of halogens is 1. The van der Waals surface area contributed by atoms with E-state index in [1.807, 2.05) is 18.2 Å². The van der Waals surface area contributed by atoms with Crippen molar-refractivity contribution in [3.8, 4) is 11.9 Å². The maximum Gasteiger partial charge on any atom is 0.213 e.